The standard InChI is InChI=1S/C28H33ClN4O7S/c1-28(2,3)40-27(36)33-16-18(39-25-21-5-4-6-22(29)20(21)11-13-30-25)15-23(33)26(35)32(17-7-8-17)14-12-24(34)31-41(37,38)19-9-10-19/h4-6,11-14,17-19,23H,7-10,15-16H2,1-3H3,(H,31,34). The molecule has 1 aliphatic heterocycles. The highest BCUT2D eigenvalue weighted by Gasteiger charge is 2.46. The van der Waals surface area contributed by atoms with Crippen molar-refractivity contribution < 1.29 is 32.3 Å². The molecule has 0 spiro atoms. The minimum atomic E-state index is -3.72. The normalized spacial score (nSPS) is 21.2. The van der Waals surface area contributed by atoms with Crippen LogP contribution in [0.4, 0.5) is 4.79 Å². The van der Waals surface area contributed by atoms with E-state index in [4.69, 9.17) is 21.1 Å². The van der Waals surface area contributed by atoms with Crippen molar-refractivity contribution in [3.8, 4) is 5.88 Å². The first-order valence-corrected chi connectivity index (χ1v) is 15.5. The van der Waals surface area contributed by atoms with E-state index in [2.05, 4.69) is 4.98 Å². The molecule has 11 nitrogen and oxygen atoms in total. The van der Waals surface area contributed by atoms with Gasteiger partial charge in [0.25, 0.3) is 5.91 Å². The maximum absolute atomic E-state index is 13.9. The van der Waals surface area contributed by atoms with Gasteiger partial charge in [-0.25, -0.2) is 22.9 Å². The summed E-state index contributed by atoms with van der Waals surface area (Å²) in [4.78, 5) is 46.6. The molecule has 0 bridgehead atoms. The summed E-state index contributed by atoms with van der Waals surface area (Å²) < 4.78 is 38.1. The number of halogens is 1. The Morgan fingerprint density at radius 2 is 1.85 bits per heavy atom. The molecule has 2 heterocycles. The number of hydrogen-bond donors (Lipinski definition) is 1. The van der Waals surface area contributed by atoms with E-state index in [1.807, 2.05) is 10.8 Å². The van der Waals surface area contributed by atoms with Crippen LogP contribution < -0.4 is 9.46 Å². The molecule has 2 atom stereocenters. The molecule has 3 fully saturated rings. The fourth-order valence-corrected chi connectivity index (χ4v) is 6.23. The number of hydrogen-bond acceptors (Lipinski definition) is 8. The Morgan fingerprint density at radius 1 is 1.12 bits per heavy atom. The van der Waals surface area contributed by atoms with E-state index in [1.54, 1.807) is 45.2 Å². The Kier molecular flexibility index (Phi) is 7.90. The molecule has 13 heteroatoms. The number of benzene rings is 1. The van der Waals surface area contributed by atoms with Crippen LogP contribution >= 0.6 is 11.6 Å². The van der Waals surface area contributed by atoms with Gasteiger partial charge < -0.3 is 14.4 Å². The molecule has 1 saturated heterocycles. The van der Waals surface area contributed by atoms with E-state index in [0.29, 0.717) is 29.1 Å². The highest BCUT2D eigenvalue weighted by atomic mass is 35.5. The fourth-order valence-electron chi connectivity index (χ4n) is 4.72. The van der Waals surface area contributed by atoms with Gasteiger partial charge in [-0.2, -0.15) is 0 Å². The lowest BCUT2D eigenvalue weighted by Crippen LogP contribution is -2.48. The van der Waals surface area contributed by atoms with Crippen molar-refractivity contribution >= 4 is 50.3 Å². The highest BCUT2D eigenvalue weighted by molar-refractivity contribution is 7.91. The van der Waals surface area contributed by atoms with Crippen LogP contribution in [-0.4, -0.2) is 76.7 Å². The summed E-state index contributed by atoms with van der Waals surface area (Å²) in [6, 6.07) is 6.08. The molecule has 220 valence electrons. The topological polar surface area (TPSA) is 135 Å². The lowest BCUT2D eigenvalue weighted by atomic mass is 10.1. The molecule has 1 aromatic carbocycles. The number of carbonyl (C=O) groups is 3. The molecule has 1 aromatic heterocycles. The van der Waals surface area contributed by atoms with Crippen LogP contribution in [0.3, 0.4) is 0 Å². The van der Waals surface area contributed by atoms with Crippen LogP contribution in [0.1, 0.15) is 52.9 Å². The average Bonchev–Trinajstić information content (AvgIpc) is 3.81. The van der Waals surface area contributed by atoms with E-state index < -0.39 is 50.9 Å². The molecular formula is C28H33ClN4O7S. The van der Waals surface area contributed by atoms with Gasteiger partial charge in [-0.15, -0.1) is 0 Å². The fraction of sp³-hybridized carbons (Fsp3) is 0.500. The molecule has 2 saturated carbocycles. The van der Waals surface area contributed by atoms with Crippen molar-refractivity contribution in [1.82, 2.24) is 19.5 Å². The molecule has 1 N–H and O–H groups in total. The predicted molar refractivity (Wildman–Crippen MR) is 152 cm³/mol. The molecular weight excluding hydrogens is 572 g/mol. The number of nitrogens with zero attached hydrogens (tertiary/aromatic N) is 3. The second kappa shape index (κ2) is 11.1. The number of nitrogens with one attached hydrogen (secondary N) is 1. The number of ether oxygens (including phenoxy) is 2. The second-order valence-electron chi connectivity index (χ2n) is 11.6. The third kappa shape index (κ3) is 6.92. The Balaban J connectivity index is 1.36. The molecule has 0 radical (unpaired) electrons. The van der Waals surface area contributed by atoms with Crippen molar-refractivity contribution in [2.45, 2.75) is 81.9 Å². The number of carbonyl (C=O) groups excluding carboxylic acids is 3. The maximum Gasteiger partial charge on any atom is 0.411 e. The second-order valence-corrected chi connectivity index (χ2v) is 13.9. The zero-order valence-electron chi connectivity index (χ0n) is 23.1. The van der Waals surface area contributed by atoms with Gasteiger partial charge in [-0.1, -0.05) is 17.7 Å². The molecule has 2 unspecified atom stereocenters. The zero-order valence-corrected chi connectivity index (χ0v) is 24.7. The summed E-state index contributed by atoms with van der Waals surface area (Å²) in [6.07, 6.45) is 5.33. The molecule has 3 aliphatic rings. The molecule has 5 rings (SSSR count). The van der Waals surface area contributed by atoms with Gasteiger partial charge in [-0.3, -0.25) is 14.5 Å². The Hall–Kier alpha value is -3.38. The van der Waals surface area contributed by atoms with E-state index in [-0.39, 0.29) is 19.0 Å². The summed E-state index contributed by atoms with van der Waals surface area (Å²) in [5, 5.41) is 1.46. The van der Waals surface area contributed by atoms with Gasteiger partial charge in [0.15, 0.2) is 0 Å². The largest absolute Gasteiger partial charge is 0.472 e. The van der Waals surface area contributed by atoms with Crippen molar-refractivity contribution in [1.29, 1.82) is 0 Å². The van der Waals surface area contributed by atoms with Gasteiger partial charge >= 0.3 is 6.09 Å². The highest BCUT2D eigenvalue weighted by Crippen LogP contribution is 2.34. The number of amides is 3. The van der Waals surface area contributed by atoms with Gasteiger partial charge in [0.1, 0.15) is 17.7 Å². The van der Waals surface area contributed by atoms with E-state index in [1.165, 1.54) is 16.0 Å². The van der Waals surface area contributed by atoms with E-state index in [0.717, 1.165) is 24.3 Å². The zero-order chi connectivity index (χ0) is 29.5. The van der Waals surface area contributed by atoms with E-state index in [9.17, 15) is 22.8 Å². The third-order valence-electron chi connectivity index (χ3n) is 6.96. The number of rotatable bonds is 8. The van der Waals surface area contributed by atoms with Gasteiger partial charge in [0.05, 0.1) is 11.8 Å². The summed E-state index contributed by atoms with van der Waals surface area (Å²) in [7, 11) is -3.72. The number of sulfonamides is 1. The van der Waals surface area contributed by atoms with Crippen LogP contribution in [0.15, 0.2) is 42.7 Å². The van der Waals surface area contributed by atoms with Crippen molar-refractivity contribution in [2.75, 3.05) is 6.54 Å². The van der Waals surface area contributed by atoms with Crippen molar-refractivity contribution in [3.63, 3.8) is 0 Å². The third-order valence-corrected chi connectivity index (χ3v) is 9.12. The monoisotopic (exact) mass is 604 g/mol. The van der Waals surface area contributed by atoms with Crippen LogP contribution in [0.5, 0.6) is 5.88 Å². The van der Waals surface area contributed by atoms with Crippen molar-refractivity contribution in [2.24, 2.45) is 0 Å². The number of pyridine rings is 1. The van der Waals surface area contributed by atoms with E-state index >= 15 is 0 Å². The summed E-state index contributed by atoms with van der Waals surface area (Å²) in [6.45, 7) is 5.29. The predicted octanol–water partition coefficient (Wildman–Crippen LogP) is 3.76. The first-order valence-electron chi connectivity index (χ1n) is 13.6. The van der Waals surface area contributed by atoms with Gasteiger partial charge in [-0.05, 0) is 64.7 Å². The summed E-state index contributed by atoms with van der Waals surface area (Å²) >= 11 is 6.34. The first-order chi connectivity index (χ1) is 19.3. The smallest absolute Gasteiger partial charge is 0.411 e. The van der Waals surface area contributed by atoms with Crippen LogP contribution in [0.2, 0.25) is 5.02 Å². The Labute approximate surface area is 243 Å². The lowest BCUT2D eigenvalue weighted by molar-refractivity contribution is -0.133. The quantitative estimate of drug-likeness (QED) is 0.450. The molecule has 41 heavy (non-hydrogen) atoms. The molecule has 2 aliphatic carbocycles. The van der Waals surface area contributed by atoms with Crippen molar-refractivity contribution in [3.05, 3.63) is 47.8 Å². The summed E-state index contributed by atoms with van der Waals surface area (Å²) in [5.74, 6) is -0.903. The Bertz CT molecular complexity index is 1500. The van der Waals surface area contributed by atoms with Crippen LogP contribution in [0.25, 0.3) is 10.8 Å². The maximum atomic E-state index is 13.9. The van der Waals surface area contributed by atoms with Crippen LogP contribution in [-0.2, 0) is 24.3 Å². The Morgan fingerprint density at radius 3 is 2.51 bits per heavy atom. The minimum Gasteiger partial charge on any atom is -0.472 e. The number of aromatic nitrogens is 1. The molecule has 3 amide bonds. The van der Waals surface area contributed by atoms with Crippen LogP contribution in [0, 0.1) is 0 Å². The van der Waals surface area contributed by atoms with Gasteiger partial charge in [0, 0.05) is 46.7 Å². The summed E-state index contributed by atoms with van der Waals surface area (Å²) in [5.41, 5.74) is -0.793. The minimum absolute atomic E-state index is 0.0757. The SMILES string of the molecule is CC(C)(C)OC(=O)N1CC(Oc2nccc3c(Cl)cccc23)CC1C(=O)N(C=CC(=O)NS(=O)(=O)C1CC1)C1CC1. The lowest BCUT2D eigenvalue weighted by Gasteiger charge is -2.30. The van der Waals surface area contributed by atoms with Gasteiger partial charge in [0.2, 0.25) is 21.8 Å². The number of fused-ring (bicyclic) bond motifs is 1. The number of likely N-dealkylation sites (tertiary alicyclic amines) is 1. The molecule has 2 aromatic rings. The average molecular weight is 605 g/mol. The first kappa shape index (κ1) is 29.1.